The van der Waals surface area contributed by atoms with E-state index in [-0.39, 0.29) is 17.9 Å². The molecule has 0 unspecified atom stereocenters. The summed E-state index contributed by atoms with van der Waals surface area (Å²) in [4.78, 5) is 28.5. The summed E-state index contributed by atoms with van der Waals surface area (Å²) in [6.45, 7) is 2.16. The number of hydrogen-bond donors (Lipinski definition) is 0. The first-order chi connectivity index (χ1) is 11.6. The molecule has 1 aromatic carbocycles. The molecule has 1 aliphatic carbocycles. The van der Waals surface area contributed by atoms with Gasteiger partial charge in [-0.1, -0.05) is 12.1 Å². The first kappa shape index (κ1) is 14.6. The summed E-state index contributed by atoms with van der Waals surface area (Å²) < 4.78 is 7.36. The van der Waals surface area contributed by atoms with Crippen molar-refractivity contribution < 1.29 is 9.53 Å². The van der Waals surface area contributed by atoms with Crippen LogP contribution in [0.4, 0.5) is 0 Å². The van der Waals surface area contributed by atoms with Crippen LogP contribution in [0.15, 0.2) is 47.4 Å². The van der Waals surface area contributed by atoms with Gasteiger partial charge in [0.2, 0.25) is 0 Å². The molecule has 0 aliphatic heterocycles. The number of rotatable bonds is 3. The standard InChI is InChI=1S/C19H16N2O3/c1-12-7-8-21-18(9-12)20-13(10-19(21)23)11-24-17-4-2-3-14-15(17)5-6-16(14)22/h2-4,7-10H,5-6,11H2,1H3. The van der Waals surface area contributed by atoms with Crippen LogP contribution in [0, 0.1) is 6.92 Å². The van der Waals surface area contributed by atoms with Crippen LogP contribution in [0.1, 0.15) is 33.6 Å². The van der Waals surface area contributed by atoms with Crippen molar-refractivity contribution in [3.63, 3.8) is 0 Å². The van der Waals surface area contributed by atoms with E-state index < -0.39 is 0 Å². The third kappa shape index (κ3) is 2.48. The highest BCUT2D eigenvalue weighted by atomic mass is 16.5. The second-order valence-corrected chi connectivity index (χ2v) is 6.01. The van der Waals surface area contributed by atoms with E-state index in [2.05, 4.69) is 4.98 Å². The molecule has 5 nitrogen and oxygen atoms in total. The van der Waals surface area contributed by atoms with Gasteiger partial charge in [0.1, 0.15) is 18.0 Å². The monoisotopic (exact) mass is 320 g/mol. The Morgan fingerprint density at radius 2 is 2.04 bits per heavy atom. The summed E-state index contributed by atoms with van der Waals surface area (Å²) in [5, 5.41) is 0. The molecule has 0 saturated heterocycles. The lowest BCUT2D eigenvalue weighted by Gasteiger charge is -2.10. The van der Waals surface area contributed by atoms with E-state index in [0.717, 1.165) is 16.7 Å². The van der Waals surface area contributed by atoms with Gasteiger partial charge < -0.3 is 4.74 Å². The highest BCUT2D eigenvalue weighted by Crippen LogP contribution is 2.30. The van der Waals surface area contributed by atoms with Crippen LogP contribution >= 0.6 is 0 Å². The van der Waals surface area contributed by atoms with Crippen molar-refractivity contribution in [3.05, 3.63) is 75.3 Å². The van der Waals surface area contributed by atoms with Gasteiger partial charge in [-0.25, -0.2) is 4.98 Å². The molecule has 24 heavy (non-hydrogen) atoms. The number of fused-ring (bicyclic) bond motifs is 2. The molecule has 120 valence electrons. The van der Waals surface area contributed by atoms with E-state index in [1.807, 2.05) is 37.3 Å². The van der Waals surface area contributed by atoms with Crippen LogP contribution in [-0.2, 0) is 13.0 Å². The number of ether oxygens (including phenoxy) is 1. The Morgan fingerprint density at radius 1 is 1.17 bits per heavy atom. The molecule has 5 heteroatoms. The van der Waals surface area contributed by atoms with Crippen molar-refractivity contribution in [2.45, 2.75) is 26.4 Å². The van der Waals surface area contributed by atoms with E-state index in [1.165, 1.54) is 10.5 Å². The number of nitrogens with zero attached hydrogens (tertiary/aromatic N) is 2. The number of benzene rings is 1. The summed E-state index contributed by atoms with van der Waals surface area (Å²) in [5.41, 5.74) is 3.79. The minimum absolute atomic E-state index is 0.132. The Labute approximate surface area is 138 Å². The van der Waals surface area contributed by atoms with E-state index in [1.54, 1.807) is 6.20 Å². The van der Waals surface area contributed by atoms with Gasteiger partial charge >= 0.3 is 0 Å². The van der Waals surface area contributed by atoms with Crippen LogP contribution in [0.3, 0.4) is 0 Å². The number of pyridine rings is 1. The summed E-state index contributed by atoms with van der Waals surface area (Å²) in [7, 11) is 0. The van der Waals surface area contributed by atoms with Gasteiger partial charge in [-0.2, -0.15) is 0 Å². The maximum absolute atomic E-state index is 12.2. The first-order valence-electron chi connectivity index (χ1n) is 7.89. The summed E-state index contributed by atoms with van der Waals surface area (Å²) in [6.07, 6.45) is 2.96. The summed E-state index contributed by atoms with van der Waals surface area (Å²) in [6, 6.07) is 10.7. The number of carbonyl (C=O) groups excluding carboxylic acids is 1. The van der Waals surface area contributed by atoms with Crippen molar-refractivity contribution in [2.75, 3.05) is 0 Å². The molecule has 1 aliphatic rings. The van der Waals surface area contributed by atoms with Crippen molar-refractivity contribution in [2.24, 2.45) is 0 Å². The zero-order chi connectivity index (χ0) is 16.7. The minimum Gasteiger partial charge on any atom is -0.487 e. The first-order valence-corrected chi connectivity index (χ1v) is 7.89. The van der Waals surface area contributed by atoms with Gasteiger partial charge in [-0.15, -0.1) is 0 Å². The average molecular weight is 320 g/mol. The Morgan fingerprint density at radius 3 is 2.92 bits per heavy atom. The van der Waals surface area contributed by atoms with Crippen molar-refractivity contribution in [3.8, 4) is 5.75 Å². The molecule has 0 N–H and O–H groups in total. The normalized spacial score (nSPS) is 13.3. The fourth-order valence-corrected chi connectivity index (χ4v) is 3.07. The SMILES string of the molecule is Cc1ccn2c(=O)cc(COc3cccc4c3CCC4=O)nc2c1. The maximum atomic E-state index is 12.2. The quantitative estimate of drug-likeness (QED) is 0.744. The smallest absolute Gasteiger partial charge is 0.258 e. The van der Waals surface area contributed by atoms with Crippen molar-refractivity contribution >= 4 is 11.4 Å². The molecule has 0 fully saturated rings. The molecule has 0 spiro atoms. The van der Waals surface area contributed by atoms with Crippen molar-refractivity contribution in [1.82, 2.24) is 9.38 Å². The van der Waals surface area contributed by atoms with Gasteiger partial charge in [-0.3, -0.25) is 14.0 Å². The highest BCUT2D eigenvalue weighted by Gasteiger charge is 2.22. The number of aromatic nitrogens is 2. The minimum atomic E-state index is -0.132. The number of ketones is 1. The molecule has 0 radical (unpaired) electrons. The van der Waals surface area contributed by atoms with Gasteiger partial charge in [-0.05, 0) is 37.1 Å². The largest absolute Gasteiger partial charge is 0.487 e. The lowest BCUT2D eigenvalue weighted by atomic mass is 10.1. The predicted molar refractivity (Wildman–Crippen MR) is 89.6 cm³/mol. The van der Waals surface area contributed by atoms with Crippen LogP contribution in [-0.4, -0.2) is 15.2 Å². The molecule has 0 saturated carbocycles. The third-order valence-electron chi connectivity index (χ3n) is 4.29. The number of carbonyl (C=O) groups is 1. The maximum Gasteiger partial charge on any atom is 0.258 e. The zero-order valence-corrected chi connectivity index (χ0v) is 13.3. The van der Waals surface area contributed by atoms with Crippen molar-refractivity contribution in [1.29, 1.82) is 0 Å². The van der Waals surface area contributed by atoms with Crippen LogP contribution in [0.5, 0.6) is 5.75 Å². The molecule has 0 amide bonds. The lowest BCUT2D eigenvalue weighted by Crippen LogP contribution is -2.16. The average Bonchev–Trinajstić information content (AvgIpc) is 2.94. The fraction of sp³-hybridized carbons (Fsp3) is 0.211. The van der Waals surface area contributed by atoms with E-state index in [4.69, 9.17) is 4.74 Å². The Kier molecular flexibility index (Phi) is 3.41. The lowest BCUT2D eigenvalue weighted by molar-refractivity contribution is 0.0994. The zero-order valence-electron chi connectivity index (χ0n) is 13.3. The van der Waals surface area contributed by atoms with E-state index in [9.17, 15) is 9.59 Å². The highest BCUT2D eigenvalue weighted by molar-refractivity contribution is 6.01. The Hall–Kier alpha value is -2.95. The second-order valence-electron chi connectivity index (χ2n) is 6.01. The topological polar surface area (TPSA) is 60.7 Å². The number of aryl methyl sites for hydroxylation is 1. The molecular weight excluding hydrogens is 304 g/mol. The molecule has 2 aromatic heterocycles. The fourth-order valence-electron chi connectivity index (χ4n) is 3.07. The van der Waals surface area contributed by atoms with Gasteiger partial charge in [0.15, 0.2) is 5.78 Å². The van der Waals surface area contributed by atoms with Crippen LogP contribution < -0.4 is 10.3 Å². The van der Waals surface area contributed by atoms with Gasteiger partial charge in [0, 0.05) is 29.8 Å². The summed E-state index contributed by atoms with van der Waals surface area (Å²) in [5.74, 6) is 0.859. The third-order valence-corrected chi connectivity index (χ3v) is 4.29. The molecule has 0 atom stereocenters. The summed E-state index contributed by atoms with van der Waals surface area (Å²) >= 11 is 0. The number of Topliss-reactive ketones (excluding diaryl/α,β-unsaturated/α-hetero) is 1. The molecule has 2 heterocycles. The predicted octanol–water partition coefficient (Wildman–Crippen LogP) is 2.71. The van der Waals surface area contributed by atoms with Crippen LogP contribution in [0.25, 0.3) is 5.65 Å². The van der Waals surface area contributed by atoms with Crippen LogP contribution in [0.2, 0.25) is 0 Å². The molecular formula is C19H16N2O3. The van der Waals surface area contributed by atoms with E-state index >= 15 is 0 Å². The van der Waals surface area contributed by atoms with E-state index in [0.29, 0.717) is 29.9 Å². The Balaban J connectivity index is 1.64. The Bertz CT molecular complexity index is 1020. The second kappa shape index (κ2) is 5.60. The van der Waals surface area contributed by atoms with Gasteiger partial charge in [0.05, 0.1) is 5.69 Å². The van der Waals surface area contributed by atoms with Gasteiger partial charge in [0.25, 0.3) is 5.56 Å². The number of hydrogen-bond acceptors (Lipinski definition) is 4. The molecule has 0 bridgehead atoms. The molecule has 4 rings (SSSR count). The molecule has 3 aromatic rings.